The van der Waals surface area contributed by atoms with Crippen LogP contribution >= 0.6 is 0 Å². The van der Waals surface area contributed by atoms with Crippen molar-refractivity contribution >= 4 is 23.0 Å². The number of nitrogens with one attached hydrogen (secondary N) is 1. The number of hydrogen-bond acceptors (Lipinski definition) is 6. The largest absolute Gasteiger partial charge is 0.493 e. The van der Waals surface area contributed by atoms with E-state index in [0.717, 1.165) is 10.9 Å². The number of rotatable bonds is 4. The van der Waals surface area contributed by atoms with Crippen molar-refractivity contribution in [2.24, 2.45) is 4.99 Å². The van der Waals surface area contributed by atoms with Gasteiger partial charge in [-0.1, -0.05) is 11.2 Å². The molecule has 1 aliphatic heterocycles. The summed E-state index contributed by atoms with van der Waals surface area (Å²) in [5.41, 5.74) is 1.48. The third kappa shape index (κ3) is 2.57. The number of amides is 1. The first-order chi connectivity index (χ1) is 12.2. The first-order valence-electron chi connectivity index (χ1n) is 7.53. The van der Waals surface area contributed by atoms with Crippen molar-refractivity contribution in [2.45, 2.75) is 5.92 Å². The van der Waals surface area contributed by atoms with Crippen molar-refractivity contribution in [3.63, 3.8) is 0 Å². The number of aromatic amines is 1. The molecule has 0 bridgehead atoms. The molecular formula is C17H14N4O4. The van der Waals surface area contributed by atoms with E-state index >= 15 is 0 Å². The van der Waals surface area contributed by atoms with Gasteiger partial charge >= 0.3 is 0 Å². The second-order valence-electron chi connectivity index (χ2n) is 5.41. The van der Waals surface area contributed by atoms with Crippen LogP contribution < -0.4 is 9.47 Å². The summed E-state index contributed by atoms with van der Waals surface area (Å²) in [5, 5.41) is 4.81. The van der Waals surface area contributed by atoms with Crippen LogP contribution in [-0.2, 0) is 4.79 Å². The summed E-state index contributed by atoms with van der Waals surface area (Å²) >= 11 is 0. The normalized spacial score (nSPS) is 16.6. The first kappa shape index (κ1) is 15.1. The van der Waals surface area contributed by atoms with Gasteiger partial charge in [-0.15, -0.1) is 0 Å². The number of aromatic nitrogens is 3. The van der Waals surface area contributed by atoms with Crippen LogP contribution in [0.4, 0.5) is 0 Å². The molecule has 0 spiro atoms. The van der Waals surface area contributed by atoms with Crippen LogP contribution in [0.25, 0.3) is 22.5 Å². The van der Waals surface area contributed by atoms with E-state index in [1.165, 1.54) is 6.21 Å². The lowest BCUT2D eigenvalue weighted by Crippen LogP contribution is -2.12. The molecule has 0 fully saturated rings. The third-order valence-electron chi connectivity index (χ3n) is 3.93. The molecule has 2 aromatic heterocycles. The van der Waals surface area contributed by atoms with Crippen molar-refractivity contribution in [3.05, 3.63) is 36.2 Å². The van der Waals surface area contributed by atoms with Gasteiger partial charge in [-0.05, 0) is 18.2 Å². The lowest BCUT2D eigenvalue weighted by atomic mass is 10.1. The Morgan fingerprint density at radius 3 is 2.72 bits per heavy atom. The van der Waals surface area contributed by atoms with E-state index in [2.05, 4.69) is 20.1 Å². The fourth-order valence-corrected chi connectivity index (χ4v) is 2.68. The molecule has 0 radical (unpaired) electrons. The van der Waals surface area contributed by atoms with Gasteiger partial charge in [0.2, 0.25) is 0 Å². The molecule has 1 aliphatic rings. The molecule has 0 aliphatic carbocycles. The SMILES string of the molecule is COc1cc2cc(-c3nc(C4C=CC=NC4=O)no3)[nH]c2cc1OC. The maximum absolute atomic E-state index is 11.8. The molecule has 0 saturated heterocycles. The van der Waals surface area contributed by atoms with E-state index in [0.29, 0.717) is 23.1 Å². The van der Waals surface area contributed by atoms with E-state index in [1.807, 2.05) is 18.2 Å². The minimum atomic E-state index is -0.618. The Morgan fingerprint density at radius 2 is 1.96 bits per heavy atom. The van der Waals surface area contributed by atoms with Gasteiger partial charge in [0, 0.05) is 23.2 Å². The fraction of sp³-hybridized carbons (Fsp3) is 0.176. The summed E-state index contributed by atoms with van der Waals surface area (Å²) in [6, 6.07) is 5.55. The zero-order valence-corrected chi connectivity index (χ0v) is 13.5. The summed E-state index contributed by atoms with van der Waals surface area (Å²) < 4.78 is 15.9. The van der Waals surface area contributed by atoms with Gasteiger partial charge in [0.15, 0.2) is 17.3 Å². The van der Waals surface area contributed by atoms with Crippen LogP contribution in [0.1, 0.15) is 11.7 Å². The quantitative estimate of drug-likeness (QED) is 0.784. The van der Waals surface area contributed by atoms with Crippen molar-refractivity contribution in [3.8, 4) is 23.1 Å². The van der Waals surface area contributed by atoms with E-state index in [9.17, 15) is 4.79 Å². The number of H-pyrrole nitrogens is 1. The van der Waals surface area contributed by atoms with Crippen LogP contribution in [-0.4, -0.2) is 41.5 Å². The van der Waals surface area contributed by atoms with Crippen molar-refractivity contribution < 1.29 is 18.8 Å². The highest BCUT2D eigenvalue weighted by Crippen LogP contribution is 2.34. The Kier molecular flexibility index (Phi) is 3.57. The van der Waals surface area contributed by atoms with Gasteiger partial charge in [0.05, 0.1) is 14.2 Å². The minimum absolute atomic E-state index is 0.280. The zero-order valence-electron chi connectivity index (χ0n) is 13.5. The molecule has 8 nitrogen and oxygen atoms in total. The predicted octanol–water partition coefficient (Wildman–Crippen LogP) is 2.49. The second kappa shape index (κ2) is 5.90. The highest BCUT2D eigenvalue weighted by atomic mass is 16.5. The average molecular weight is 338 g/mol. The number of fused-ring (bicyclic) bond motifs is 1. The molecule has 126 valence electrons. The molecule has 4 rings (SSSR count). The number of hydrogen-bond donors (Lipinski definition) is 1. The highest BCUT2D eigenvalue weighted by Gasteiger charge is 2.25. The van der Waals surface area contributed by atoms with Crippen LogP contribution in [0.15, 0.2) is 39.9 Å². The van der Waals surface area contributed by atoms with Gasteiger partial charge in [0.25, 0.3) is 11.8 Å². The molecule has 1 amide bonds. The number of benzene rings is 1. The highest BCUT2D eigenvalue weighted by molar-refractivity contribution is 5.97. The number of dihydropyridines is 1. The maximum Gasteiger partial charge on any atom is 0.274 e. The van der Waals surface area contributed by atoms with Crippen LogP contribution in [0, 0.1) is 0 Å². The van der Waals surface area contributed by atoms with Gasteiger partial charge in [-0.2, -0.15) is 4.98 Å². The number of aliphatic imine (C=N–C) groups is 1. The molecule has 1 N–H and O–H groups in total. The maximum atomic E-state index is 11.8. The topological polar surface area (TPSA) is 103 Å². The molecule has 1 unspecified atom stereocenters. The molecule has 0 saturated carbocycles. The predicted molar refractivity (Wildman–Crippen MR) is 90.1 cm³/mol. The van der Waals surface area contributed by atoms with Crippen LogP contribution in [0.2, 0.25) is 0 Å². The van der Waals surface area contributed by atoms with Gasteiger partial charge in [-0.3, -0.25) is 4.79 Å². The number of carbonyl (C=O) groups excluding carboxylic acids is 1. The Bertz CT molecular complexity index is 974. The van der Waals surface area contributed by atoms with E-state index in [1.54, 1.807) is 26.4 Å². The van der Waals surface area contributed by atoms with Crippen LogP contribution in [0.5, 0.6) is 11.5 Å². The summed E-state index contributed by atoms with van der Waals surface area (Å²) in [7, 11) is 3.16. The lowest BCUT2D eigenvalue weighted by Gasteiger charge is -2.06. The lowest BCUT2D eigenvalue weighted by molar-refractivity contribution is -0.118. The molecular weight excluding hydrogens is 324 g/mol. The smallest absolute Gasteiger partial charge is 0.274 e. The summed E-state index contributed by atoms with van der Waals surface area (Å²) in [6.45, 7) is 0. The standard InChI is InChI=1S/C17H14N4O4/c1-23-13-7-9-6-12(19-11(9)8-14(13)24-2)17-20-15(21-25-17)10-4-3-5-18-16(10)22/h3-8,10,19H,1-2H3. The van der Waals surface area contributed by atoms with Crippen molar-refractivity contribution in [2.75, 3.05) is 14.2 Å². The Labute approximate surface area is 142 Å². The number of carbonyl (C=O) groups is 1. The average Bonchev–Trinajstić information content (AvgIpc) is 3.27. The summed E-state index contributed by atoms with van der Waals surface area (Å²) in [4.78, 5) is 23.1. The second-order valence-corrected chi connectivity index (χ2v) is 5.41. The molecule has 3 heterocycles. The summed E-state index contributed by atoms with van der Waals surface area (Å²) in [6.07, 6.45) is 4.81. The fourth-order valence-electron chi connectivity index (χ4n) is 2.68. The van der Waals surface area contributed by atoms with Crippen LogP contribution in [0.3, 0.4) is 0 Å². The van der Waals surface area contributed by atoms with Gasteiger partial charge in [0.1, 0.15) is 11.6 Å². The van der Waals surface area contributed by atoms with Crippen molar-refractivity contribution in [1.82, 2.24) is 15.1 Å². The summed E-state index contributed by atoms with van der Waals surface area (Å²) in [5.74, 6) is 0.878. The Hall–Kier alpha value is -3.42. The van der Waals surface area contributed by atoms with Crippen molar-refractivity contribution in [1.29, 1.82) is 0 Å². The van der Waals surface area contributed by atoms with Gasteiger partial charge in [-0.25, -0.2) is 4.99 Å². The third-order valence-corrected chi connectivity index (χ3v) is 3.93. The number of ether oxygens (including phenoxy) is 2. The first-order valence-corrected chi connectivity index (χ1v) is 7.53. The van der Waals surface area contributed by atoms with E-state index < -0.39 is 5.92 Å². The Morgan fingerprint density at radius 1 is 1.16 bits per heavy atom. The Balaban J connectivity index is 1.72. The van der Waals surface area contributed by atoms with Gasteiger partial charge < -0.3 is 19.0 Å². The molecule has 25 heavy (non-hydrogen) atoms. The van der Waals surface area contributed by atoms with E-state index in [4.69, 9.17) is 14.0 Å². The molecule has 1 aromatic carbocycles. The van der Waals surface area contributed by atoms with E-state index in [-0.39, 0.29) is 11.7 Å². The number of nitrogens with zero attached hydrogens (tertiary/aromatic N) is 3. The number of allylic oxidation sites excluding steroid dienone is 1. The molecule has 1 atom stereocenters. The zero-order chi connectivity index (χ0) is 17.4. The monoisotopic (exact) mass is 338 g/mol. The molecule has 8 heteroatoms. The molecule has 3 aromatic rings. The number of methoxy groups -OCH3 is 2. The minimum Gasteiger partial charge on any atom is -0.493 e.